The molecule has 0 saturated carbocycles. The summed E-state index contributed by atoms with van der Waals surface area (Å²) in [6, 6.07) is 16.0. The van der Waals surface area contributed by atoms with Crippen molar-refractivity contribution in [3.05, 3.63) is 95.6 Å². The highest BCUT2D eigenvalue weighted by Crippen LogP contribution is 2.51. The highest BCUT2D eigenvalue weighted by molar-refractivity contribution is 6.24. The number of anilines is 1. The second-order valence-corrected chi connectivity index (χ2v) is 8.95. The molecule has 0 spiro atoms. The third-order valence-corrected chi connectivity index (χ3v) is 6.92. The number of fused-ring (bicyclic) bond motifs is 1. The summed E-state index contributed by atoms with van der Waals surface area (Å²) >= 11 is 0. The summed E-state index contributed by atoms with van der Waals surface area (Å²) in [6.07, 6.45) is -0.0724. The molecule has 184 valence electrons. The van der Waals surface area contributed by atoms with Crippen LogP contribution in [0.3, 0.4) is 0 Å². The van der Waals surface area contributed by atoms with Crippen LogP contribution in [0.2, 0.25) is 0 Å². The Morgan fingerprint density at radius 2 is 1.75 bits per heavy atom. The van der Waals surface area contributed by atoms with Crippen LogP contribution in [-0.2, 0) is 25.5 Å². The van der Waals surface area contributed by atoms with Crippen molar-refractivity contribution in [2.24, 2.45) is 11.8 Å². The van der Waals surface area contributed by atoms with E-state index in [1.807, 2.05) is 0 Å². The number of hydrogen-bond acceptors (Lipinski definition) is 6. The standard InChI is InChI=1S/C27H22F2N2O5/c1-36-26(35)27(14-15-9-11-18(32)12-10-15)22-21(23(30-27)16-5-4-6-17(28)13-16)24(33)31(25(22)34)20-8-3-2-7-19(20)29/h2-13,21-23,30,32H,14H2,1H3/t21-,22+,23+,27+/m0/s1. The number of para-hydroxylation sites is 1. The van der Waals surface area contributed by atoms with E-state index in [0.29, 0.717) is 11.1 Å². The van der Waals surface area contributed by atoms with Gasteiger partial charge in [0.05, 0.1) is 24.6 Å². The number of nitrogens with zero attached hydrogens (tertiary/aromatic N) is 1. The lowest BCUT2D eigenvalue weighted by molar-refractivity contribution is -0.152. The number of ether oxygens (including phenoxy) is 1. The van der Waals surface area contributed by atoms with E-state index in [4.69, 9.17) is 4.74 Å². The van der Waals surface area contributed by atoms with Gasteiger partial charge in [-0.25, -0.2) is 13.7 Å². The molecule has 2 aliphatic heterocycles. The lowest BCUT2D eigenvalue weighted by Gasteiger charge is -2.32. The van der Waals surface area contributed by atoms with E-state index in [1.54, 1.807) is 18.2 Å². The molecule has 0 unspecified atom stereocenters. The molecule has 36 heavy (non-hydrogen) atoms. The molecule has 0 radical (unpaired) electrons. The summed E-state index contributed by atoms with van der Waals surface area (Å²) < 4.78 is 34.0. The molecule has 3 aromatic rings. The first-order valence-electron chi connectivity index (χ1n) is 11.3. The van der Waals surface area contributed by atoms with Gasteiger partial charge >= 0.3 is 5.97 Å². The Morgan fingerprint density at radius 1 is 1.03 bits per heavy atom. The van der Waals surface area contributed by atoms with E-state index in [9.17, 15) is 28.3 Å². The lowest BCUT2D eigenvalue weighted by Crippen LogP contribution is -2.58. The molecule has 7 nitrogen and oxygen atoms in total. The molecule has 2 N–H and O–H groups in total. The maximum atomic E-state index is 14.7. The Bertz CT molecular complexity index is 1360. The van der Waals surface area contributed by atoms with Crippen molar-refractivity contribution in [2.45, 2.75) is 18.0 Å². The van der Waals surface area contributed by atoms with E-state index in [-0.39, 0.29) is 17.9 Å². The van der Waals surface area contributed by atoms with E-state index in [0.717, 1.165) is 11.0 Å². The van der Waals surface area contributed by atoms with Crippen LogP contribution in [0.5, 0.6) is 5.75 Å². The summed E-state index contributed by atoms with van der Waals surface area (Å²) in [6.45, 7) is 0. The minimum absolute atomic E-state index is 0.0126. The zero-order chi connectivity index (χ0) is 25.6. The normalized spacial score (nSPS) is 25.2. The summed E-state index contributed by atoms with van der Waals surface area (Å²) in [5.41, 5.74) is -1.00. The maximum absolute atomic E-state index is 14.7. The molecule has 0 bridgehead atoms. The van der Waals surface area contributed by atoms with Crippen molar-refractivity contribution in [1.82, 2.24) is 5.32 Å². The molecule has 2 heterocycles. The van der Waals surface area contributed by atoms with E-state index in [1.165, 1.54) is 55.6 Å². The maximum Gasteiger partial charge on any atom is 0.327 e. The third kappa shape index (κ3) is 3.63. The average Bonchev–Trinajstić information content (AvgIpc) is 3.34. The minimum Gasteiger partial charge on any atom is -0.508 e. The van der Waals surface area contributed by atoms with Crippen molar-refractivity contribution in [3.63, 3.8) is 0 Å². The summed E-state index contributed by atoms with van der Waals surface area (Å²) in [4.78, 5) is 41.7. The fourth-order valence-corrected chi connectivity index (χ4v) is 5.40. The molecule has 9 heteroatoms. The van der Waals surface area contributed by atoms with Gasteiger partial charge in [-0.3, -0.25) is 19.7 Å². The molecule has 0 aromatic heterocycles. The van der Waals surface area contributed by atoms with Crippen molar-refractivity contribution < 1.29 is 33.0 Å². The van der Waals surface area contributed by atoms with Gasteiger partial charge in [0.1, 0.15) is 22.9 Å². The van der Waals surface area contributed by atoms with Gasteiger partial charge in [0, 0.05) is 12.5 Å². The number of halogens is 2. The first kappa shape index (κ1) is 23.6. The number of benzene rings is 3. The quantitative estimate of drug-likeness (QED) is 0.419. The smallest absolute Gasteiger partial charge is 0.327 e. The van der Waals surface area contributed by atoms with Crippen LogP contribution in [-0.4, -0.2) is 35.5 Å². The van der Waals surface area contributed by atoms with Crippen molar-refractivity contribution in [2.75, 3.05) is 12.0 Å². The lowest BCUT2D eigenvalue weighted by atomic mass is 9.76. The van der Waals surface area contributed by atoms with E-state index >= 15 is 0 Å². The molecule has 0 aliphatic carbocycles. The average molecular weight is 492 g/mol. The predicted molar refractivity (Wildman–Crippen MR) is 125 cm³/mol. The van der Waals surface area contributed by atoms with Gasteiger partial charge in [-0.1, -0.05) is 36.4 Å². The number of rotatable bonds is 5. The Hall–Kier alpha value is -4.11. The van der Waals surface area contributed by atoms with Crippen molar-refractivity contribution in [3.8, 4) is 5.75 Å². The monoisotopic (exact) mass is 492 g/mol. The van der Waals surface area contributed by atoms with Crippen LogP contribution in [0.1, 0.15) is 17.2 Å². The Kier molecular flexibility index (Phi) is 5.80. The molecule has 2 fully saturated rings. The number of imide groups is 1. The van der Waals surface area contributed by atoms with Crippen LogP contribution in [0.25, 0.3) is 0 Å². The summed E-state index contributed by atoms with van der Waals surface area (Å²) in [7, 11) is 1.17. The molecule has 2 amide bonds. The fourth-order valence-electron chi connectivity index (χ4n) is 5.40. The third-order valence-electron chi connectivity index (χ3n) is 6.92. The Labute approximate surface area is 205 Å². The van der Waals surface area contributed by atoms with Gasteiger partial charge in [-0.2, -0.15) is 0 Å². The number of esters is 1. The number of carbonyl (C=O) groups excluding carboxylic acids is 3. The molecule has 2 saturated heterocycles. The van der Waals surface area contributed by atoms with Crippen LogP contribution in [0.15, 0.2) is 72.8 Å². The summed E-state index contributed by atoms with van der Waals surface area (Å²) in [5.74, 6) is -5.95. The van der Waals surface area contributed by atoms with E-state index < -0.39 is 52.8 Å². The number of carbonyl (C=O) groups is 3. The number of aromatic hydroxyl groups is 1. The molecule has 5 rings (SSSR count). The van der Waals surface area contributed by atoms with Gasteiger partial charge in [0.25, 0.3) is 0 Å². The summed E-state index contributed by atoms with van der Waals surface area (Å²) in [5, 5.41) is 12.8. The first-order valence-corrected chi connectivity index (χ1v) is 11.3. The first-order chi connectivity index (χ1) is 17.3. The molecule has 2 aliphatic rings. The Morgan fingerprint density at radius 3 is 2.42 bits per heavy atom. The number of amides is 2. The van der Waals surface area contributed by atoms with Crippen LogP contribution in [0, 0.1) is 23.5 Å². The number of phenolic OH excluding ortho intramolecular Hbond substituents is 1. The second kappa shape index (κ2) is 8.83. The highest BCUT2D eigenvalue weighted by Gasteiger charge is 2.69. The number of nitrogens with one attached hydrogen (secondary N) is 1. The zero-order valence-corrected chi connectivity index (χ0v) is 19.2. The molecular weight excluding hydrogens is 470 g/mol. The van der Waals surface area contributed by atoms with Crippen LogP contribution >= 0.6 is 0 Å². The zero-order valence-electron chi connectivity index (χ0n) is 19.2. The minimum atomic E-state index is -1.72. The SMILES string of the molecule is COC(=O)[C@]1(Cc2ccc(O)cc2)N[C@H](c2cccc(F)c2)[C@H]2C(=O)N(c3ccccc3F)C(=O)[C@@H]21. The Balaban J connectivity index is 1.69. The number of phenols is 1. The van der Waals surface area contributed by atoms with Gasteiger partial charge in [-0.05, 0) is 47.5 Å². The van der Waals surface area contributed by atoms with Gasteiger partial charge < -0.3 is 9.84 Å². The second-order valence-electron chi connectivity index (χ2n) is 8.95. The molecular formula is C27H22F2N2O5. The van der Waals surface area contributed by atoms with Gasteiger partial charge in [0.15, 0.2) is 0 Å². The molecule has 3 aromatic carbocycles. The van der Waals surface area contributed by atoms with Gasteiger partial charge in [0.2, 0.25) is 11.8 Å². The van der Waals surface area contributed by atoms with Crippen molar-refractivity contribution in [1.29, 1.82) is 0 Å². The number of hydrogen-bond donors (Lipinski definition) is 2. The number of methoxy groups -OCH3 is 1. The largest absolute Gasteiger partial charge is 0.508 e. The van der Waals surface area contributed by atoms with Gasteiger partial charge in [-0.15, -0.1) is 0 Å². The van der Waals surface area contributed by atoms with Crippen LogP contribution < -0.4 is 10.2 Å². The van der Waals surface area contributed by atoms with E-state index in [2.05, 4.69) is 5.32 Å². The fraction of sp³-hybridized carbons (Fsp3) is 0.222. The van der Waals surface area contributed by atoms with Crippen LogP contribution in [0.4, 0.5) is 14.5 Å². The predicted octanol–water partition coefficient (Wildman–Crippen LogP) is 3.28. The highest BCUT2D eigenvalue weighted by atomic mass is 19.1. The topological polar surface area (TPSA) is 95.9 Å². The van der Waals surface area contributed by atoms with Crippen molar-refractivity contribution >= 4 is 23.5 Å². The molecule has 4 atom stereocenters.